The first-order valence-electron chi connectivity index (χ1n) is 6.96. The summed E-state index contributed by atoms with van der Waals surface area (Å²) in [7, 11) is -0.892. The first kappa shape index (κ1) is 12.6. The summed E-state index contributed by atoms with van der Waals surface area (Å²) < 4.78 is 12.5. The average Bonchev–Trinajstić information content (AvgIpc) is 2.31. The van der Waals surface area contributed by atoms with Crippen LogP contribution < -0.4 is 5.30 Å². The lowest BCUT2D eigenvalue weighted by Gasteiger charge is -2.41. The van der Waals surface area contributed by atoms with E-state index in [1.165, 1.54) is 43.8 Å². The Bertz CT molecular complexity index is 385. The number of hydrogen-bond acceptors (Lipinski definition) is 2. The largest absolute Gasteiger partial charge is 0.327 e. The van der Waals surface area contributed by atoms with E-state index < -0.39 is 8.38 Å². The first-order chi connectivity index (χ1) is 8.75. The lowest BCUT2D eigenvalue weighted by molar-refractivity contribution is -0.000598. The van der Waals surface area contributed by atoms with Gasteiger partial charge in [-0.2, -0.15) is 0 Å². The molecule has 2 aliphatic rings. The maximum atomic E-state index is 6.31. The molecule has 1 atom stereocenters. The standard InChI is InChI=1S/C15H21O2P/c1-15(11-6-12-15)17-18(16-13-7-5-8-13)14-9-3-2-4-10-14/h2-4,9-10,13H,5-8,11-12H2,1H3. The Labute approximate surface area is 111 Å². The molecule has 0 amide bonds. The van der Waals surface area contributed by atoms with Gasteiger partial charge in [0, 0.05) is 5.30 Å². The van der Waals surface area contributed by atoms with Gasteiger partial charge >= 0.3 is 0 Å². The van der Waals surface area contributed by atoms with Crippen LogP contribution in [0.5, 0.6) is 0 Å². The molecule has 3 rings (SSSR count). The summed E-state index contributed by atoms with van der Waals surface area (Å²) in [6, 6.07) is 10.5. The Morgan fingerprint density at radius 2 is 1.83 bits per heavy atom. The molecular weight excluding hydrogens is 243 g/mol. The van der Waals surface area contributed by atoms with Crippen LogP contribution in [0.15, 0.2) is 30.3 Å². The van der Waals surface area contributed by atoms with Crippen LogP contribution >= 0.6 is 8.38 Å². The molecule has 3 heteroatoms. The first-order valence-corrected chi connectivity index (χ1v) is 8.14. The van der Waals surface area contributed by atoms with E-state index in [2.05, 4.69) is 31.2 Å². The molecular formula is C15H21O2P. The molecule has 2 aliphatic carbocycles. The monoisotopic (exact) mass is 264 g/mol. The van der Waals surface area contributed by atoms with Crippen LogP contribution in [0.2, 0.25) is 0 Å². The minimum atomic E-state index is -0.892. The minimum absolute atomic E-state index is 0.0608. The van der Waals surface area contributed by atoms with E-state index in [-0.39, 0.29) is 5.60 Å². The third-order valence-electron chi connectivity index (χ3n) is 3.98. The van der Waals surface area contributed by atoms with Crippen molar-refractivity contribution in [1.29, 1.82) is 0 Å². The molecule has 0 spiro atoms. The molecule has 0 radical (unpaired) electrons. The van der Waals surface area contributed by atoms with Gasteiger partial charge in [-0.15, -0.1) is 0 Å². The van der Waals surface area contributed by atoms with E-state index in [1.807, 2.05) is 6.07 Å². The number of rotatable bonds is 5. The summed E-state index contributed by atoms with van der Waals surface area (Å²) in [5, 5.41) is 1.22. The van der Waals surface area contributed by atoms with Crippen LogP contribution in [0.1, 0.15) is 45.4 Å². The Kier molecular flexibility index (Phi) is 3.70. The Morgan fingerprint density at radius 3 is 2.33 bits per heavy atom. The van der Waals surface area contributed by atoms with Crippen molar-refractivity contribution < 1.29 is 9.05 Å². The van der Waals surface area contributed by atoms with E-state index in [4.69, 9.17) is 9.05 Å². The van der Waals surface area contributed by atoms with Gasteiger partial charge in [-0.3, -0.25) is 0 Å². The maximum absolute atomic E-state index is 6.31. The zero-order valence-corrected chi connectivity index (χ0v) is 11.9. The summed E-state index contributed by atoms with van der Waals surface area (Å²) in [5.74, 6) is 0. The Morgan fingerprint density at radius 1 is 1.11 bits per heavy atom. The van der Waals surface area contributed by atoms with E-state index in [0.717, 1.165) is 0 Å². The van der Waals surface area contributed by atoms with Crippen molar-refractivity contribution in [2.45, 2.75) is 57.2 Å². The number of benzene rings is 1. The van der Waals surface area contributed by atoms with Gasteiger partial charge in [-0.1, -0.05) is 18.2 Å². The summed E-state index contributed by atoms with van der Waals surface area (Å²) in [5.41, 5.74) is 0.0608. The number of hydrogen-bond donors (Lipinski definition) is 0. The van der Waals surface area contributed by atoms with Gasteiger partial charge < -0.3 is 9.05 Å². The van der Waals surface area contributed by atoms with E-state index >= 15 is 0 Å². The Balaban J connectivity index is 1.70. The van der Waals surface area contributed by atoms with Gasteiger partial charge in [0.2, 0.25) is 8.38 Å². The van der Waals surface area contributed by atoms with Crippen molar-refractivity contribution >= 4 is 13.7 Å². The van der Waals surface area contributed by atoms with Crippen LogP contribution in [0.25, 0.3) is 0 Å². The van der Waals surface area contributed by atoms with Crippen LogP contribution in [-0.2, 0) is 9.05 Å². The molecule has 2 saturated carbocycles. The normalized spacial score (nSPS) is 24.1. The molecule has 1 aromatic carbocycles. The highest BCUT2D eigenvalue weighted by molar-refractivity contribution is 7.56. The third-order valence-corrected chi connectivity index (χ3v) is 5.79. The van der Waals surface area contributed by atoms with Crippen molar-refractivity contribution in [3.05, 3.63) is 30.3 Å². The molecule has 18 heavy (non-hydrogen) atoms. The summed E-state index contributed by atoms with van der Waals surface area (Å²) >= 11 is 0. The van der Waals surface area contributed by atoms with Crippen molar-refractivity contribution in [2.75, 3.05) is 0 Å². The molecule has 0 bridgehead atoms. The van der Waals surface area contributed by atoms with Crippen LogP contribution in [0, 0.1) is 0 Å². The quantitative estimate of drug-likeness (QED) is 0.744. The van der Waals surface area contributed by atoms with Gasteiger partial charge in [0.25, 0.3) is 0 Å². The average molecular weight is 264 g/mol. The molecule has 0 aliphatic heterocycles. The fourth-order valence-corrected chi connectivity index (χ4v) is 4.01. The molecule has 98 valence electrons. The van der Waals surface area contributed by atoms with Crippen molar-refractivity contribution in [2.24, 2.45) is 0 Å². The lowest BCUT2D eigenvalue weighted by Crippen LogP contribution is -2.36. The van der Waals surface area contributed by atoms with Gasteiger partial charge in [0.1, 0.15) is 0 Å². The maximum Gasteiger partial charge on any atom is 0.205 e. The van der Waals surface area contributed by atoms with E-state index in [9.17, 15) is 0 Å². The molecule has 0 heterocycles. The second-order valence-electron chi connectivity index (χ2n) is 5.65. The third kappa shape index (κ3) is 2.77. The SMILES string of the molecule is CC1(OP(OC2CCC2)c2ccccc2)CCC1. The van der Waals surface area contributed by atoms with Crippen molar-refractivity contribution in [3.63, 3.8) is 0 Å². The zero-order valence-electron chi connectivity index (χ0n) is 11.0. The molecule has 1 aromatic rings. The van der Waals surface area contributed by atoms with Crippen molar-refractivity contribution in [3.8, 4) is 0 Å². The van der Waals surface area contributed by atoms with Crippen LogP contribution in [-0.4, -0.2) is 11.7 Å². The second-order valence-corrected chi connectivity index (χ2v) is 7.07. The van der Waals surface area contributed by atoms with E-state index in [1.54, 1.807) is 0 Å². The fourth-order valence-electron chi connectivity index (χ4n) is 2.26. The predicted molar refractivity (Wildman–Crippen MR) is 75.1 cm³/mol. The molecule has 0 saturated heterocycles. The summed E-state index contributed by atoms with van der Waals surface area (Å²) in [6.45, 7) is 2.22. The van der Waals surface area contributed by atoms with Crippen LogP contribution in [0.4, 0.5) is 0 Å². The smallest absolute Gasteiger partial charge is 0.205 e. The lowest BCUT2D eigenvalue weighted by atomic mass is 9.82. The van der Waals surface area contributed by atoms with Crippen molar-refractivity contribution in [1.82, 2.24) is 0 Å². The van der Waals surface area contributed by atoms with E-state index in [0.29, 0.717) is 6.10 Å². The molecule has 0 N–H and O–H groups in total. The van der Waals surface area contributed by atoms with Gasteiger partial charge in [0.05, 0.1) is 11.7 Å². The summed E-state index contributed by atoms with van der Waals surface area (Å²) in [4.78, 5) is 0. The molecule has 0 aromatic heterocycles. The molecule has 2 fully saturated rings. The highest BCUT2D eigenvalue weighted by atomic mass is 31.2. The zero-order chi connectivity index (χ0) is 12.4. The Hall–Kier alpha value is -0.430. The highest BCUT2D eigenvalue weighted by Gasteiger charge is 2.38. The van der Waals surface area contributed by atoms with Gasteiger partial charge in [-0.05, 0) is 57.6 Å². The molecule has 1 unspecified atom stereocenters. The van der Waals surface area contributed by atoms with Crippen LogP contribution in [0.3, 0.4) is 0 Å². The van der Waals surface area contributed by atoms with Gasteiger partial charge in [-0.25, -0.2) is 0 Å². The minimum Gasteiger partial charge on any atom is -0.327 e. The topological polar surface area (TPSA) is 18.5 Å². The second kappa shape index (κ2) is 5.28. The fraction of sp³-hybridized carbons (Fsp3) is 0.600. The summed E-state index contributed by atoms with van der Waals surface area (Å²) in [6.07, 6.45) is 7.77. The molecule has 2 nitrogen and oxygen atoms in total. The predicted octanol–water partition coefficient (Wildman–Crippen LogP) is 4.15. The van der Waals surface area contributed by atoms with Gasteiger partial charge in [0.15, 0.2) is 0 Å². The highest BCUT2D eigenvalue weighted by Crippen LogP contribution is 2.51.